The molecular weight excluding hydrogens is 230 g/mol. The van der Waals surface area contributed by atoms with Crippen LogP contribution in [0.2, 0.25) is 0 Å². The predicted molar refractivity (Wildman–Crippen MR) is 70.0 cm³/mol. The maximum Gasteiger partial charge on any atom is 0.161 e. The maximum atomic E-state index is 9.49. The number of rotatable bonds is 3. The first kappa shape index (κ1) is 12.2. The van der Waals surface area contributed by atoms with E-state index in [2.05, 4.69) is 15.2 Å². The smallest absolute Gasteiger partial charge is 0.161 e. The van der Waals surface area contributed by atoms with E-state index in [-0.39, 0.29) is 5.75 Å². The van der Waals surface area contributed by atoms with Crippen molar-refractivity contribution >= 4 is 11.9 Å². The number of benzene rings is 1. The lowest BCUT2D eigenvalue weighted by Crippen LogP contribution is -1.87. The van der Waals surface area contributed by atoms with Crippen molar-refractivity contribution in [2.75, 3.05) is 7.11 Å². The summed E-state index contributed by atoms with van der Waals surface area (Å²) in [4.78, 5) is 4.38. The third kappa shape index (κ3) is 2.34. The summed E-state index contributed by atoms with van der Waals surface area (Å²) in [7, 11) is 1.51. The molecule has 2 N–H and O–H groups in total. The van der Waals surface area contributed by atoms with Crippen molar-refractivity contribution in [1.29, 1.82) is 0 Å². The van der Waals surface area contributed by atoms with Gasteiger partial charge >= 0.3 is 0 Å². The van der Waals surface area contributed by atoms with Crippen LogP contribution in [0.4, 0.5) is 5.69 Å². The van der Waals surface area contributed by atoms with Crippen LogP contribution in [0.3, 0.4) is 0 Å². The molecule has 0 aliphatic rings. The van der Waals surface area contributed by atoms with Gasteiger partial charge in [-0.2, -0.15) is 5.10 Å². The third-order valence-corrected chi connectivity index (χ3v) is 2.64. The second kappa shape index (κ2) is 4.91. The number of ether oxygens (including phenoxy) is 1. The van der Waals surface area contributed by atoms with Gasteiger partial charge in [-0.1, -0.05) is 0 Å². The van der Waals surface area contributed by atoms with E-state index in [1.165, 1.54) is 7.11 Å². The zero-order chi connectivity index (χ0) is 13.1. The highest BCUT2D eigenvalue weighted by Crippen LogP contribution is 2.26. The summed E-state index contributed by atoms with van der Waals surface area (Å²) < 4.78 is 5.04. The van der Waals surface area contributed by atoms with Crippen molar-refractivity contribution in [3.63, 3.8) is 0 Å². The summed E-state index contributed by atoms with van der Waals surface area (Å²) in [5.41, 5.74) is 3.47. The largest absolute Gasteiger partial charge is 0.504 e. The Bertz CT molecular complexity index is 568. The summed E-state index contributed by atoms with van der Waals surface area (Å²) in [6, 6.07) is 5.07. The first-order valence-electron chi connectivity index (χ1n) is 5.54. The molecule has 94 valence electrons. The van der Waals surface area contributed by atoms with Gasteiger partial charge in [0.25, 0.3) is 0 Å². The number of hydrogen-bond donors (Lipinski definition) is 2. The van der Waals surface area contributed by atoms with Gasteiger partial charge in [0.15, 0.2) is 11.5 Å². The van der Waals surface area contributed by atoms with Gasteiger partial charge in [0, 0.05) is 6.21 Å². The Kier molecular flexibility index (Phi) is 3.32. The minimum absolute atomic E-state index is 0.116. The zero-order valence-corrected chi connectivity index (χ0v) is 10.6. The minimum atomic E-state index is 0.116. The minimum Gasteiger partial charge on any atom is -0.504 e. The molecule has 2 rings (SSSR count). The van der Waals surface area contributed by atoms with Gasteiger partial charge in [0.1, 0.15) is 5.69 Å². The molecule has 0 fully saturated rings. The molecule has 0 radical (unpaired) electrons. The molecule has 1 heterocycles. The normalized spacial score (nSPS) is 11.1. The highest BCUT2D eigenvalue weighted by atomic mass is 16.5. The molecule has 5 heteroatoms. The lowest BCUT2D eigenvalue weighted by molar-refractivity contribution is 0.373. The number of aromatic nitrogens is 2. The van der Waals surface area contributed by atoms with Crippen LogP contribution in [0.15, 0.2) is 23.2 Å². The zero-order valence-electron chi connectivity index (χ0n) is 10.6. The van der Waals surface area contributed by atoms with Crippen LogP contribution in [-0.4, -0.2) is 28.6 Å². The van der Waals surface area contributed by atoms with Gasteiger partial charge < -0.3 is 9.84 Å². The molecular formula is C13H15N3O2. The van der Waals surface area contributed by atoms with Crippen LogP contribution in [0, 0.1) is 13.8 Å². The molecule has 1 aromatic carbocycles. The molecule has 0 spiro atoms. The van der Waals surface area contributed by atoms with Crippen LogP contribution in [0.5, 0.6) is 11.5 Å². The van der Waals surface area contributed by atoms with E-state index in [4.69, 9.17) is 4.74 Å². The van der Waals surface area contributed by atoms with E-state index >= 15 is 0 Å². The second-order valence-electron chi connectivity index (χ2n) is 3.97. The van der Waals surface area contributed by atoms with Gasteiger partial charge in [-0.25, -0.2) is 0 Å². The number of aromatic amines is 1. The molecule has 1 aromatic heterocycles. The lowest BCUT2D eigenvalue weighted by Gasteiger charge is -2.03. The van der Waals surface area contributed by atoms with E-state index in [0.717, 1.165) is 22.6 Å². The average molecular weight is 245 g/mol. The highest BCUT2D eigenvalue weighted by molar-refractivity contribution is 5.83. The summed E-state index contributed by atoms with van der Waals surface area (Å²) in [6.07, 6.45) is 1.72. The van der Waals surface area contributed by atoms with Crippen molar-refractivity contribution in [2.24, 2.45) is 4.99 Å². The van der Waals surface area contributed by atoms with E-state index in [1.807, 2.05) is 13.8 Å². The van der Waals surface area contributed by atoms with Crippen LogP contribution >= 0.6 is 0 Å². The van der Waals surface area contributed by atoms with Crippen LogP contribution in [-0.2, 0) is 0 Å². The van der Waals surface area contributed by atoms with Crippen molar-refractivity contribution in [1.82, 2.24) is 10.2 Å². The number of phenolic OH excluding ortho intramolecular Hbond substituents is 1. The van der Waals surface area contributed by atoms with Gasteiger partial charge in [-0.15, -0.1) is 0 Å². The molecule has 5 nitrogen and oxygen atoms in total. The average Bonchev–Trinajstić information content (AvgIpc) is 2.68. The molecule has 2 aromatic rings. The molecule has 0 aliphatic heterocycles. The molecule has 0 atom stereocenters. The molecule has 0 unspecified atom stereocenters. The lowest BCUT2D eigenvalue weighted by atomic mass is 10.2. The van der Waals surface area contributed by atoms with Crippen molar-refractivity contribution < 1.29 is 9.84 Å². The molecule has 0 aliphatic carbocycles. The quantitative estimate of drug-likeness (QED) is 0.816. The molecule has 18 heavy (non-hydrogen) atoms. The molecule has 0 saturated carbocycles. The van der Waals surface area contributed by atoms with E-state index < -0.39 is 0 Å². The summed E-state index contributed by atoms with van der Waals surface area (Å²) in [5.74, 6) is 0.546. The van der Waals surface area contributed by atoms with E-state index in [0.29, 0.717) is 5.75 Å². The van der Waals surface area contributed by atoms with Crippen LogP contribution in [0.1, 0.15) is 17.0 Å². The Labute approximate surface area is 105 Å². The van der Waals surface area contributed by atoms with E-state index in [9.17, 15) is 5.11 Å². The first-order valence-corrected chi connectivity index (χ1v) is 5.54. The highest BCUT2D eigenvalue weighted by Gasteiger charge is 2.04. The number of aromatic hydroxyl groups is 1. The number of nitrogens with one attached hydrogen (secondary N) is 1. The van der Waals surface area contributed by atoms with Gasteiger partial charge in [-0.05, 0) is 37.6 Å². The Morgan fingerprint density at radius 3 is 2.78 bits per heavy atom. The van der Waals surface area contributed by atoms with Crippen LogP contribution < -0.4 is 4.74 Å². The fraction of sp³-hybridized carbons (Fsp3) is 0.231. The summed E-state index contributed by atoms with van der Waals surface area (Å²) in [6.45, 7) is 3.82. The Morgan fingerprint density at radius 1 is 1.39 bits per heavy atom. The van der Waals surface area contributed by atoms with E-state index in [1.54, 1.807) is 24.4 Å². The number of H-pyrrole nitrogens is 1. The Morgan fingerprint density at radius 2 is 2.17 bits per heavy atom. The summed E-state index contributed by atoms with van der Waals surface area (Å²) >= 11 is 0. The standard InChI is InChI=1S/C13H15N3O2/c1-8-13(9(2)16-15-8)14-7-10-4-5-11(17)12(6-10)18-3/h4-7,17H,1-3H3,(H,15,16). The van der Waals surface area contributed by atoms with Crippen molar-refractivity contribution in [3.8, 4) is 11.5 Å². The van der Waals surface area contributed by atoms with Gasteiger partial charge in [0.05, 0.1) is 18.5 Å². The number of phenols is 1. The third-order valence-electron chi connectivity index (χ3n) is 2.64. The Balaban J connectivity index is 2.29. The first-order chi connectivity index (χ1) is 8.61. The molecule has 0 amide bonds. The summed E-state index contributed by atoms with van der Waals surface area (Å²) in [5, 5.41) is 16.4. The predicted octanol–water partition coefficient (Wildman–Crippen LogP) is 2.49. The number of aliphatic imine (C=N–C) groups is 1. The molecule has 0 bridgehead atoms. The SMILES string of the molecule is COc1cc(C=Nc2c(C)n[nH]c2C)ccc1O. The number of aryl methyl sites for hydroxylation is 2. The van der Waals surface area contributed by atoms with Crippen molar-refractivity contribution in [3.05, 3.63) is 35.2 Å². The maximum absolute atomic E-state index is 9.49. The van der Waals surface area contributed by atoms with Gasteiger partial charge in [-0.3, -0.25) is 10.1 Å². The number of methoxy groups -OCH3 is 1. The Hall–Kier alpha value is -2.30. The van der Waals surface area contributed by atoms with Crippen LogP contribution in [0.25, 0.3) is 0 Å². The topological polar surface area (TPSA) is 70.5 Å². The fourth-order valence-electron chi connectivity index (χ4n) is 1.65. The second-order valence-corrected chi connectivity index (χ2v) is 3.97. The van der Waals surface area contributed by atoms with Gasteiger partial charge in [0.2, 0.25) is 0 Å². The number of nitrogens with zero attached hydrogens (tertiary/aromatic N) is 2. The monoisotopic (exact) mass is 245 g/mol. The van der Waals surface area contributed by atoms with Crippen molar-refractivity contribution in [2.45, 2.75) is 13.8 Å². The fourth-order valence-corrected chi connectivity index (χ4v) is 1.65. The molecule has 0 saturated heterocycles. The number of hydrogen-bond acceptors (Lipinski definition) is 4.